The monoisotopic (exact) mass is 447 g/mol. The number of carbonyl (C=O) groups excluding carboxylic acids is 6. The zero-order valence-electron chi connectivity index (χ0n) is 18.4. The third-order valence-electron chi connectivity index (χ3n) is 6.24. The fourth-order valence-electron chi connectivity index (χ4n) is 4.36. The van der Waals surface area contributed by atoms with Crippen LogP contribution in [0, 0.1) is 17.8 Å². The van der Waals surface area contributed by atoms with Gasteiger partial charge in [0.05, 0.1) is 5.92 Å². The summed E-state index contributed by atoms with van der Waals surface area (Å²) in [5.41, 5.74) is 0. The van der Waals surface area contributed by atoms with Gasteiger partial charge in [0.1, 0.15) is 0 Å². The summed E-state index contributed by atoms with van der Waals surface area (Å²) in [5, 5.41) is 3.45. The molecule has 2 aliphatic heterocycles. The van der Waals surface area contributed by atoms with Gasteiger partial charge in [0.25, 0.3) is 23.6 Å². The molecule has 2 unspecified atom stereocenters. The molecule has 1 saturated carbocycles. The van der Waals surface area contributed by atoms with Gasteiger partial charge in [-0.2, -0.15) is 0 Å². The molecule has 0 aromatic rings. The number of rotatable bonds is 8. The molecule has 2 fully saturated rings. The smallest absolute Gasteiger partial charge is 0.336 e. The first-order chi connectivity index (χ1) is 15.2. The molecule has 1 N–H and O–H groups in total. The van der Waals surface area contributed by atoms with E-state index in [1.54, 1.807) is 13.8 Å². The van der Waals surface area contributed by atoms with Crippen LogP contribution in [0.25, 0.3) is 0 Å². The summed E-state index contributed by atoms with van der Waals surface area (Å²) < 4.78 is 0. The predicted octanol–water partition coefficient (Wildman–Crippen LogP) is 0.856. The van der Waals surface area contributed by atoms with E-state index in [-0.39, 0.29) is 48.4 Å². The van der Waals surface area contributed by atoms with Crippen LogP contribution < -0.4 is 5.32 Å². The van der Waals surface area contributed by atoms with Gasteiger partial charge in [0.15, 0.2) is 0 Å². The molecule has 5 amide bonds. The van der Waals surface area contributed by atoms with Crippen molar-refractivity contribution in [1.82, 2.24) is 15.3 Å². The van der Waals surface area contributed by atoms with Gasteiger partial charge in [0.2, 0.25) is 5.91 Å². The Morgan fingerprint density at radius 3 is 2.12 bits per heavy atom. The maximum Gasteiger partial charge on any atom is 0.336 e. The van der Waals surface area contributed by atoms with E-state index in [9.17, 15) is 28.8 Å². The van der Waals surface area contributed by atoms with Crippen molar-refractivity contribution in [3.8, 4) is 0 Å². The minimum atomic E-state index is -0.685. The van der Waals surface area contributed by atoms with E-state index >= 15 is 0 Å². The first-order valence-corrected chi connectivity index (χ1v) is 11.1. The highest BCUT2D eigenvalue weighted by Gasteiger charge is 2.35. The standard InChI is InChI=1S/C22H29N3O7/c1-13(22(31)32-25-19(28)9-10-20(25)29)11-14(2)23-21(30)16-5-3-15(4-6-16)12-24-17(26)7-8-18(24)27/h7-8,13-16H,3-6,9-12H2,1-2H3,(H,23,30). The zero-order valence-corrected chi connectivity index (χ0v) is 18.4. The average molecular weight is 447 g/mol. The number of amides is 5. The first kappa shape index (κ1) is 23.6. The van der Waals surface area contributed by atoms with Crippen molar-refractivity contribution < 1.29 is 33.6 Å². The van der Waals surface area contributed by atoms with Crippen LogP contribution in [-0.2, 0) is 33.6 Å². The molecule has 10 heteroatoms. The fourth-order valence-corrected chi connectivity index (χ4v) is 4.36. The highest BCUT2D eigenvalue weighted by molar-refractivity contribution is 6.12. The number of hydrogen-bond acceptors (Lipinski definition) is 7. The Labute approximate surface area is 186 Å². The van der Waals surface area contributed by atoms with E-state index in [4.69, 9.17) is 4.84 Å². The molecule has 0 bridgehead atoms. The van der Waals surface area contributed by atoms with Gasteiger partial charge < -0.3 is 10.2 Å². The van der Waals surface area contributed by atoms with Crippen LogP contribution >= 0.6 is 0 Å². The second-order valence-corrected chi connectivity index (χ2v) is 8.88. The zero-order chi connectivity index (χ0) is 23.4. The summed E-state index contributed by atoms with van der Waals surface area (Å²) in [6.45, 7) is 3.80. The number of hydrogen-bond donors (Lipinski definition) is 1. The van der Waals surface area contributed by atoms with Crippen LogP contribution in [0.2, 0.25) is 0 Å². The number of carbonyl (C=O) groups is 6. The predicted molar refractivity (Wildman–Crippen MR) is 110 cm³/mol. The highest BCUT2D eigenvalue weighted by atomic mass is 16.7. The van der Waals surface area contributed by atoms with E-state index in [0.29, 0.717) is 30.9 Å². The molecular formula is C22H29N3O7. The van der Waals surface area contributed by atoms with Crippen molar-refractivity contribution in [1.29, 1.82) is 0 Å². The van der Waals surface area contributed by atoms with Gasteiger partial charge in [0, 0.05) is 43.5 Å². The highest BCUT2D eigenvalue weighted by Crippen LogP contribution is 2.30. The van der Waals surface area contributed by atoms with Crippen molar-refractivity contribution >= 4 is 35.5 Å². The molecule has 3 aliphatic rings. The summed E-state index contributed by atoms with van der Waals surface area (Å²) in [4.78, 5) is 77.5. The van der Waals surface area contributed by atoms with Crippen molar-refractivity contribution in [2.24, 2.45) is 17.8 Å². The minimum absolute atomic E-state index is 0.0384. The molecule has 0 aromatic heterocycles. The van der Waals surface area contributed by atoms with Crippen molar-refractivity contribution in [2.45, 2.75) is 64.8 Å². The first-order valence-electron chi connectivity index (χ1n) is 11.1. The Balaban J connectivity index is 1.38. The second-order valence-electron chi connectivity index (χ2n) is 8.88. The van der Waals surface area contributed by atoms with E-state index in [2.05, 4.69) is 5.32 Å². The van der Waals surface area contributed by atoms with Gasteiger partial charge in [-0.05, 0) is 44.9 Å². The Kier molecular flexibility index (Phi) is 7.42. The Bertz CT molecular complexity index is 810. The normalized spacial score (nSPS) is 25.3. The van der Waals surface area contributed by atoms with E-state index in [1.165, 1.54) is 17.1 Å². The molecule has 1 aliphatic carbocycles. The molecule has 2 atom stereocenters. The molecule has 174 valence electrons. The summed E-state index contributed by atoms with van der Waals surface area (Å²) in [7, 11) is 0. The number of nitrogens with one attached hydrogen (secondary N) is 1. The van der Waals surface area contributed by atoms with Gasteiger partial charge in [-0.3, -0.25) is 28.9 Å². The lowest BCUT2D eigenvalue weighted by atomic mass is 9.81. The fraction of sp³-hybridized carbons (Fsp3) is 0.636. The number of hydroxylamine groups is 2. The quantitative estimate of drug-likeness (QED) is 0.546. The van der Waals surface area contributed by atoms with Crippen LogP contribution in [0.1, 0.15) is 58.8 Å². The summed E-state index contributed by atoms with van der Waals surface area (Å²) in [5.74, 6) is -2.96. The number of imide groups is 2. The molecule has 3 rings (SSSR count). The summed E-state index contributed by atoms with van der Waals surface area (Å²) >= 11 is 0. The largest absolute Gasteiger partial charge is 0.353 e. The van der Waals surface area contributed by atoms with E-state index in [0.717, 1.165) is 12.8 Å². The van der Waals surface area contributed by atoms with Crippen LogP contribution in [0.15, 0.2) is 12.2 Å². The number of nitrogens with zero attached hydrogens (tertiary/aromatic N) is 2. The molecule has 32 heavy (non-hydrogen) atoms. The Morgan fingerprint density at radius 1 is 1.00 bits per heavy atom. The topological polar surface area (TPSA) is 130 Å². The maximum atomic E-state index is 12.6. The molecule has 10 nitrogen and oxygen atoms in total. The lowest BCUT2D eigenvalue weighted by Gasteiger charge is -2.30. The van der Waals surface area contributed by atoms with Crippen LogP contribution in [0.5, 0.6) is 0 Å². The van der Waals surface area contributed by atoms with Gasteiger partial charge in [-0.1, -0.05) is 6.92 Å². The average Bonchev–Trinajstić information content (AvgIpc) is 3.24. The third-order valence-corrected chi connectivity index (χ3v) is 6.24. The van der Waals surface area contributed by atoms with Crippen LogP contribution in [0.3, 0.4) is 0 Å². The van der Waals surface area contributed by atoms with Crippen molar-refractivity contribution in [3.05, 3.63) is 12.2 Å². The minimum Gasteiger partial charge on any atom is -0.353 e. The van der Waals surface area contributed by atoms with Gasteiger partial charge in [-0.15, -0.1) is 5.06 Å². The molecule has 1 saturated heterocycles. The molecular weight excluding hydrogens is 418 g/mol. The van der Waals surface area contributed by atoms with Crippen molar-refractivity contribution in [2.75, 3.05) is 6.54 Å². The second kappa shape index (κ2) is 10.1. The summed E-state index contributed by atoms with van der Waals surface area (Å²) in [6, 6.07) is -0.293. The summed E-state index contributed by atoms with van der Waals surface area (Å²) in [6.07, 6.45) is 5.79. The van der Waals surface area contributed by atoms with E-state index in [1.807, 2.05) is 0 Å². The molecule has 0 radical (unpaired) electrons. The van der Waals surface area contributed by atoms with Gasteiger partial charge >= 0.3 is 5.97 Å². The van der Waals surface area contributed by atoms with Crippen LogP contribution in [-0.4, -0.2) is 58.1 Å². The van der Waals surface area contributed by atoms with Crippen LogP contribution in [0.4, 0.5) is 0 Å². The molecule has 2 heterocycles. The SMILES string of the molecule is CC(CC(C)C(=O)ON1C(=O)CCC1=O)NC(=O)C1CCC(CN2C(=O)C=CC2=O)CC1. The van der Waals surface area contributed by atoms with E-state index < -0.39 is 23.7 Å². The van der Waals surface area contributed by atoms with Gasteiger partial charge in [-0.25, -0.2) is 4.79 Å². The molecule has 0 aromatic carbocycles. The Hall–Kier alpha value is -3.04. The Morgan fingerprint density at radius 2 is 1.56 bits per heavy atom. The molecule has 0 spiro atoms. The third kappa shape index (κ3) is 5.60. The van der Waals surface area contributed by atoms with Crippen molar-refractivity contribution in [3.63, 3.8) is 0 Å². The lowest BCUT2D eigenvalue weighted by molar-refractivity contribution is -0.200. The lowest BCUT2D eigenvalue weighted by Crippen LogP contribution is -2.42. The maximum absolute atomic E-state index is 12.6.